The summed E-state index contributed by atoms with van der Waals surface area (Å²) in [6.45, 7) is 11.4. The van der Waals surface area contributed by atoms with Crippen LogP contribution in [-0.4, -0.2) is 60.4 Å². The Morgan fingerprint density at radius 3 is 2.45 bits per heavy atom. The van der Waals surface area contributed by atoms with Crippen molar-refractivity contribution >= 4 is 23.4 Å². The van der Waals surface area contributed by atoms with Gasteiger partial charge >= 0.3 is 0 Å². The summed E-state index contributed by atoms with van der Waals surface area (Å²) in [6.07, 6.45) is 1.94. The largest absolute Gasteiger partial charge is 0.374 e. The average Bonchev–Trinajstić information content (AvgIpc) is 2.55. The van der Waals surface area contributed by atoms with Crippen molar-refractivity contribution in [2.24, 2.45) is 5.41 Å². The van der Waals surface area contributed by atoms with Crippen molar-refractivity contribution < 1.29 is 4.74 Å². The molecule has 2 aliphatic rings. The summed E-state index contributed by atoms with van der Waals surface area (Å²) in [7, 11) is 0. The summed E-state index contributed by atoms with van der Waals surface area (Å²) < 4.78 is 5.94. The van der Waals surface area contributed by atoms with Crippen molar-refractivity contribution in [2.45, 2.75) is 26.9 Å². The Morgan fingerprint density at radius 1 is 1.09 bits per heavy atom. The van der Waals surface area contributed by atoms with Gasteiger partial charge in [-0.05, 0) is 5.41 Å². The summed E-state index contributed by atoms with van der Waals surface area (Å²) in [4.78, 5) is 13.7. The molecule has 0 aromatic carbocycles. The van der Waals surface area contributed by atoms with E-state index in [1.165, 1.54) is 11.5 Å². The van der Waals surface area contributed by atoms with Gasteiger partial charge in [0, 0.05) is 43.8 Å². The number of rotatable bonds is 2. The first kappa shape index (κ1) is 15.9. The van der Waals surface area contributed by atoms with Crippen molar-refractivity contribution in [1.29, 1.82) is 0 Å². The van der Waals surface area contributed by atoms with Gasteiger partial charge in [0.1, 0.15) is 18.0 Å². The van der Waals surface area contributed by atoms with E-state index >= 15 is 0 Å². The van der Waals surface area contributed by atoms with Gasteiger partial charge in [0.2, 0.25) is 0 Å². The third-order valence-electron chi connectivity index (χ3n) is 4.33. The first-order valence-electron chi connectivity index (χ1n) is 8.05. The molecule has 1 aromatic heterocycles. The fourth-order valence-corrected chi connectivity index (χ4v) is 3.76. The van der Waals surface area contributed by atoms with Crippen molar-refractivity contribution in [2.75, 3.05) is 54.1 Å². The van der Waals surface area contributed by atoms with Gasteiger partial charge in [0.05, 0.1) is 12.7 Å². The van der Waals surface area contributed by atoms with E-state index in [4.69, 9.17) is 4.74 Å². The maximum Gasteiger partial charge on any atom is 0.134 e. The molecule has 0 bridgehead atoms. The lowest BCUT2D eigenvalue weighted by atomic mass is 9.88. The van der Waals surface area contributed by atoms with Gasteiger partial charge in [-0.2, -0.15) is 11.8 Å². The van der Waals surface area contributed by atoms with E-state index < -0.39 is 0 Å². The summed E-state index contributed by atoms with van der Waals surface area (Å²) in [5.41, 5.74) is 0.151. The minimum atomic E-state index is 0.151. The van der Waals surface area contributed by atoms with Crippen LogP contribution in [-0.2, 0) is 4.74 Å². The van der Waals surface area contributed by atoms with Gasteiger partial charge in [-0.15, -0.1) is 0 Å². The third-order valence-corrected chi connectivity index (χ3v) is 5.27. The molecule has 3 heterocycles. The van der Waals surface area contributed by atoms with E-state index in [-0.39, 0.29) is 11.5 Å². The van der Waals surface area contributed by atoms with Gasteiger partial charge in [-0.3, -0.25) is 0 Å². The second-order valence-electron chi connectivity index (χ2n) is 7.01. The van der Waals surface area contributed by atoms with Crippen LogP contribution >= 0.6 is 11.8 Å². The number of thioether (sulfide) groups is 1. The molecule has 2 fully saturated rings. The lowest BCUT2D eigenvalue weighted by molar-refractivity contribution is -0.0267. The van der Waals surface area contributed by atoms with Crippen LogP contribution in [0, 0.1) is 5.41 Å². The Hall–Kier alpha value is -1.01. The maximum absolute atomic E-state index is 5.94. The van der Waals surface area contributed by atoms with Crippen LogP contribution in [0.4, 0.5) is 11.6 Å². The van der Waals surface area contributed by atoms with Gasteiger partial charge in [-0.1, -0.05) is 20.8 Å². The smallest absolute Gasteiger partial charge is 0.134 e. The standard InChI is InChI=1S/C16H26N4OS/c1-16(2,3)13-11-20(4-7-21-13)15-10-14(17-12-18-15)19-5-8-22-9-6-19/h10,12-13H,4-9,11H2,1-3H3/t13-/m0/s1. The van der Waals surface area contributed by atoms with Gasteiger partial charge in [0.15, 0.2) is 0 Å². The van der Waals surface area contributed by atoms with Gasteiger partial charge in [-0.25, -0.2) is 9.97 Å². The summed E-state index contributed by atoms with van der Waals surface area (Å²) in [6, 6.07) is 2.14. The highest BCUT2D eigenvalue weighted by Crippen LogP contribution is 2.28. The van der Waals surface area contributed by atoms with Crippen LogP contribution in [0.5, 0.6) is 0 Å². The number of morpholine rings is 1. The minimum Gasteiger partial charge on any atom is -0.374 e. The molecule has 0 unspecified atom stereocenters. The number of anilines is 2. The zero-order valence-corrected chi connectivity index (χ0v) is 14.6. The van der Waals surface area contributed by atoms with E-state index in [2.05, 4.69) is 46.6 Å². The molecule has 0 N–H and O–H groups in total. The molecule has 2 saturated heterocycles. The summed E-state index contributed by atoms with van der Waals surface area (Å²) in [5.74, 6) is 4.45. The Morgan fingerprint density at radius 2 is 1.77 bits per heavy atom. The van der Waals surface area contributed by atoms with Crippen LogP contribution in [0.15, 0.2) is 12.4 Å². The fourth-order valence-electron chi connectivity index (χ4n) is 2.86. The molecule has 0 saturated carbocycles. The summed E-state index contributed by atoms with van der Waals surface area (Å²) in [5, 5.41) is 0. The minimum absolute atomic E-state index is 0.151. The lowest BCUT2D eigenvalue weighted by Crippen LogP contribution is -2.48. The Kier molecular flexibility index (Phi) is 4.78. The molecule has 0 amide bonds. The van der Waals surface area contributed by atoms with Crippen LogP contribution in [0.1, 0.15) is 20.8 Å². The predicted octanol–water partition coefficient (Wildman–Crippen LogP) is 2.28. The number of aromatic nitrogens is 2. The molecule has 0 radical (unpaired) electrons. The van der Waals surface area contributed by atoms with E-state index in [1.54, 1.807) is 6.33 Å². The molecule has 122 valence electrons. The topological polar surface area (TPSA) is 41.5 Å². The highest BCUT2D eigenvalue weighted by Gasteiger charge is 2.31. The first-order valence-corrected chi connectivity index (χ1v) is 9.21. The lowest BCUT2D eigenvalue weighted by Gasteiger charge is -2.40. The highest BCUT2D eigenvalue weighted by molar-refractivity contribution is 7.99. The van der Waals surface area contributed by atoms with Crippen LogP contribution in [0.3, 0.4) is 0 Å². The van der Waals surface area contributed by atoms with Crippen molar-refractivity contribution in [3.05, 3.63) is 12.4 Å². The Balaban J connectivity index is 1.74. The molecule has 6 heteroatoms. The van der Waals surface area contributed by atoms with Gasteiger partial charge < -0.3 is 14.5 Å². The molecular formula is C16H26N4OS. The van der Waals surface area contributed by atoms with Crippen LogP contribution in [0.25, 0.3) is 0 Å². The SMILES string of the molecule is CC(C)(C)[C@@H]1CN(c2cc(N3CCSCC3)ncn2)CCO1. The second kappa shape index (κ2) is 6.62. The van der Waals surface area contributed by atoms with Crippen molar-refractivity contribution in [3.8, 4) is 0 Å². The highest BCUT2D eigenvalue weighted by atomic mass is 32.2. The molecule has 1 aromatic rings. The molecular weight excluding hydrogens is 296 g/mol. The number of hydrogen-bond donors (Lipinski definition) is 0. The molecule has 5 nitrogen and oxygen atoms in total. The van der Waals surface area contributed by atoms with E-state index in [1.807, 2.05) is 11.8 Å². The van der Waals surface area contributed by atoms with Gasteiger partial charge in [0.25, 0.3) is 0 Å². The number of ether oxygens (including phenoxy) is 1. The van der Waals surface area contributed by atoms with Crippen LogP contribution < -0.4 is 9.80 Å². The quantitative estimate of drug-likeness (QED) is 0.832. The third kappa shape index (κ3) is 3.66. The monoisotopic (exact) mass is 322 g/mol. The summed E-state index contributed by atoms with van der Waals surface area (Å²) >= 11 is 2.02. The zero-order valence-electron chi connectivity index (χ0n) is 13.8. The van der Waals surface area contributed by atoms with Crippen molar-refractivity contribution in [3.63, 3.8) is 0 Å². The van der Waals surface area contributed by atoms with Crippen LogP contribution in [0.2, 0.25) is 0 Å². The normalized spacial score (nSPS) is 23.7. The molecule has 3 rings (SSSR count). The maximum atomic E-state index is 5.94. The number of hydrogen-bond acceptors (Lipinski definition) is 6. The Labute approximate surface area is 137 Å². The fraction of sp³-hybridized carbons (Fsp3) is 0.750. The van der Waals surface area contributed by atoms with E-state index in [0.717, 1.165) is 44.4 Å². The Bertz CT molecular complexity index is 499. The second-order valence-corrected chi connectivity index (χ2v) is 8.23. The predicted molar refractivity (Wildman–Crippen MR) is 93.0 cm³/mol. The van der Waals surface area contributed by atoms with E-state index in [9.17, 15) is 0 Å². The molecule has 2 aliphatic heterocycles. The van der Waals surface area contributed by atoms with E-state index in [0.29, 0.717) is 0 Å². The zero-order chi connectivity index (χ0) is 15.6. The van der Waals surface area contributed by atoms with Crippen molar-refractivity contribution in [1.82, 2.24) is 9.97 Å². The average molecular weight is 322 g/mol. The molecule has 0 spiro atoms. The molecule has 1 atom stereocenters. The first-order chi connectivity index (χ1) is 10.5. The molecule has 22 heavy (non-hydrogen) atoms. The molecule has 0 aliphatic carbocycles. The number of nitrogens with zero attached hydrogens (tertiary/aromatic N) is 4.